The highest BCUT2D eigenvalue weighted by Crippen LogP contribution is 2.33. The van der Waals surface area contributed by atoms with Crippen molar-refractivity contribution in [1.82, 2.24) is 20.0 Å². The molecular weight excluding hydrogens is 420 g/mol. The van der Waals surface area contributed by atoms with Crippen LogP contribution in [0.4, 0.5) is 4.79 Å². The molecule has 4 aliphatic rings. The molecule has 3 saturated heterocycles. The Bertz CT molecular complexity index is 788. The van der Waals surface area contributed by atoms with Gasteiger partial charge in [-0.05, 0) is 44.2 Å². The number of carbonyl (C=O) groups excluding carboxylic acids is 2. The van der Waals surface area contributed by atoms with Gasteiger partial charge in [-0.25, -0.2) is 4.79 Å². The molecule has 1 aromatic rings. The Kier molecular flexibility index (Phi) is 5.95. The van der Waals surface area contributed by atoms with Crippen LogP contribution in [0, 0.1) is 0 Å². The third kappa shape index (κ3) is 3.96. The number of amides is 3. The van der Waals surface area contributed by atoms with E-state index in [0.717, 1.165) is 51.5 Å². The number of halogens is 1. The minimum Gasteiger partial charge on any atom is -0.346 e. The number of fused-ring (bicyclic) bond motifs is 1. The zero-order chi connectivity index (χ0) is 20.7. The van der Waals surface area contributed by atoms with Gasteiger partial charge in [0.05, 0.1) is 21.3 Å². The fourth-order valence-electron chi connectivity index (χ4n) is 5.92. The maximum atomic E-state index is 13.1. The molecule has 0 unspecified atom stereocenters. The molecule has 0 aromatic carbocycles. The Morgan fingerprint density at radius 3 is 2.43 bits per heavy atom. The lowest BCUT2D eigenvalue weighted by Crippen LogP contribution is -2.50. The predicted molar refractivity (Wildman–Crippen MR) is 119 cm³/mol. The van der Waals surface area contributed by atoms with Crippen molar-refractivity contribution in [3.63, 3.8) is 0 Å². The third-order valence-electron chi connectivity index (χ3n) is 7.57. The Labute approximate surface area is 187 Å². The Morgan fingerprint density at radius 2 is 1.73 bits per heavy atom. The van der Waals surface area contributed by atoms with Crippen molar-refractivity contribution in [2.24, 2.45) is 0 Å². The van der Waals surface area contributed by atoms with Gasteiger partial charge in [-0.2, -0.15) is 0 Å². The van der Waals surface area contributed by atoms with Gasteiger partial charge in [0.2, 0.25) is 0 Å². The van der Waals surface area contributed by atoms with Crippen LogP contribution in [0.5, 0.6) is 0 Å². The molecule has 6 nitrogen and oxygen atoms in total. The molecule has 0 spiro atoms. The molecule has 8 heteroatoms. The van der Waals surface area contributed by atoms with Crippen LogP contribution in [0.15, 0.2) is 12.1 Å². The van der Waals surface area contributed by atoms with Crippen molar-refractivity contribution in [2.45, 2.75) is 75.5 Å². The second-order valence-corrected chi connectivity index (χ2v) is 10.9. The summed E-state index contributed by atoms with van der Waals surface area (Å²) in [5.41, 5.74) is 0. The molecule has 30 heavy (non-hydrogen) atoms. The van der Waals surface area contributed by atoms with Crippen molar-refractivity contribution >= 4 is 34.9 Å². The highest BCUT2D eigenvalue weighted by Gasteiger charge is 2.48. The molecule has 4 heterocycles. The number of rotatable bonds is 4. The van der Waals surface area contributed by atoms with E-state index in [1.165, 1.54) is 43.4 Å². The normalized spacial score (nSPS) is 28.9. The minimum absolute atomic E-state index is 0.0228. The molecule has 1 N–H and O–H groups in total. The maximum Gasteiger partial charge on any atom is 0.320 e. The number of thiophene rings is 1. The highest BCUT2D eigenvalue weighted by molar-refractivity contribution is 7.18. The number of nitrogens with one attached hydrogen (secondary N) is 1. The van der Waals surface area contributed by atoms with Crippen LogP contribution >= 0.6 is 22.9 Å². The van der Waals surface area contributed by atoms with Gasteiger partial charge < -0.3 is 20.0 Å². The van der Waals surface area contributed by atoms with E-state index in [-0.39, 0.29) is 24.0 Å². The van der Waals surface area contributed by atoms with Crippen LogP contribution in [0.3, 0.4) is 0 Å². The van der Waals surface area contributed by atoms with Crippen LogP contribution in [0.1, 0.15) is 61.0 Å². The molecule has 3 amide bonds. The SMILES string of the molecule is O=C(N[C@@H]1CCN2C(=O)N(C3CCN(C4CCCCC4)CC3)C[C@H]12)c1ccc(Cl)s1. The van der Waals surface area contributed by atoms with E-state index in [1.54, 1.807) is 12.1 Å². The van der Waals surface area contributed by atoms with Gasteiger partial charge in [0.15, 0.2) is 0 Å². The Balaban J connectivity index is 1.17. The van der Waals surface area contributed by atoms with E-state index >= 15 is 0 Å². The van der Waals surface area contributed by atoms with Crippen molar-refractivity contribution in [3.05, 3.63) is 21.3 Å². The van der Waals surface area contributed by atoms with E-state index in [0.29, 0.717) is 15.3 Å². The standard InChI is InChI=1S/C22H31ClN4O2S/c23-20-7-6-19(30-20)21(28)24-17-10-13-26-18(17)14-27(22(26)29)16-8-11-25(12-9-16)15-4-2-1-3-5-15/h6-7,15-18H,1-5,8-14H2,(H,24,28)/t17-,18-/m1/s1. The average Bonchev–Trinajstić information content (AvgIpc) is 3.46. The van der Waals surface area contributed by atoms with Gasteiger partial charge in [-0.15, -0.1) is 11.3 Å². The molecule has 1 saturated carbocycles. The molecule has 3 aliphatic heterocycles. The molecular formula is C22H31ClN4O2S. The van der Waals surface area contributed by atoms with Gasteiger partial charge in [0.25, 0.3) is 5.91 Å². The van der Waals surface area contributed by atoms with E-state index in [4.69, 9.17) is 11.6 Å². The Hall–Kier alpha value is -1.31. The largest absolute Gasteiger partial charge is 0.346 e. The topological polar surface area (TPSA) is 55.9 Å². The summed E-state index contributed by atoms with van der Waals surface area (Å²) in [6.07, 6.45) is 9.81. The lowest BCUT2D eigenvalue weighted by Gasteiger charge is -2.41. The number of nitrogens with zero attached hydrogens (tertiary/aromatic N) is 3. The van der Waals surface area contributed by atoms with Gasteiger partial charge in [0.1, 0.15) is 0 Å². The average molecular weight is 451 g/mol. The summed E-state index contributed by atoms with van der Waals surface area (Å²) < 4.78 is 0.620. The van der Waals surface area contributed by atoms with Gasteiger partial charge in [0, 0.05) is 38.3 Å². The number of likely N-dealkylation sites (tertiary alicyclic amines) is 1. The molecule has 4 fully saturated rings. The number of piperidine rings is 1. The molecule has 0 bridgehead atoms. The first-order chi connectivity index (χ1) is 14.6. The Morgan fingerprint density at radius 1 is 0.967 bits per heavy atom. The smallest absolute Gasteiger partial charge is 0.320 e. The molecule has 2 atom stereocenters. The summed E-state index contributed by atoms with van der Waals surface area (Å²) >= 11 is 7.27. The zero-order valence-corrected chi connectivity index (χ0v) is 19.0. The summed E-state index contributed by atoms with van der Waals surface area (Å²) in [6, 6.07) is 4.91. The molecule has 5 rings (SSSR count). The summed E-state index contributed by atoms with van der Waals surface area (Å²) in [6.45, 7) is 3.70. The van der Waals surface area contributed by atoms with Crippen LogP contribution in [-0.4, -0.2) is 77.0 Å². The van der Waals surface area contributed by atoms with Gasteiger partial charge in [-0.3, -0.25) is 4.79 Å². The number of hydrogen-bond acceptors (Lipinski definition) is 4. The summed E-state index contributed by atoms with van der Waals surface area (Å²) in [7, 11) is 0. The summed E-state index contributed by atoms with van der Waals surface area (Å²) in [5, 5.41) is 3.16. The van der Waals surface area contributed by atoms with Crippen molar-refractivity contribution in [3.8, 4) is 0 Å². The fraction of sp³-hybridized carbons (Fsp3) is 0.727. The van der Waals surface area contributed by atoms with Crippen molar-refractivity contribution in [2.75, 3.05) is 26.2 Å². The van der Waals surface area contributed by atoms with E-state index in [9.17, 15) is 9.59 Å². The van der Waals surface area contributed by atoms with Gasteiger partial charge in [-0.1, -0.05) is 30.9 Å². The molecule has 0 radical (unpaired) electrons. The van der Waals surface area contributed by atoms with Crippen LogP contribution in [0.25, 0.3) is 0 Å². The third-order valence-corrected chi connectivity index (χ3v) is 8.80. The highest BCUT2D eigenvalue weighted by atomic mass is 35.5. The van der Waals surface area contributed by atoms with Crippen molar-refractivity contribution in [1.29, 1.82) is 0 Å². The van der Waals surface area contributed by atoms with Gasteiger partial charge >= 0.3 is 6.03 Å². The number of carbonyl (C=O) groups is 2. The van der Waals surface area contributed by atoms with Crippen molar-refractivity contribution < 1.29 is 9.59 Å². The van der Waals surface area contributed by atoms with Crippen LogP contribution < -0.4 is 5.32 Å². The van der Waals surface area contributed by atoms with Crippen LogP contribution in [0.2, 0.25) is 4.34 Å². The maximum absolute atomic E-state index is 13.1. The second kappa shape index (κ2) is 8.67. The minimum atomic E-state index is -0.0783. The summed E-state index contributed by atoms with van der Waals surface area (Å²) in [4.78, 5) is 33.0. The number of hydrogen-bond donors (Lipinski definition) is 1. The zero-order valence-electron chi connectivity index (χ0n) is 17.4. The van der Waals surface area contributed by atoms with Crippen LogP contribution in [-0.2, 0) is 0 Å². The number of urea groups is 1. The fourth-order valence-corrected chi connectivity index (χ4v) is 6.87. The first-order valence-corrected chi connectivity index (χ1v) is 12.7. The first-order valence-electron chi connectivity index (χ1n) is 11.5. The predicted octanol–water partition coefficient (Wildman–Crippen LogP) is 3.81. The first kappa shape index (κ1) is 20.6. The molecule has 1 aliphatic carbocycles. The quantitative estimate of drug-likeness (QED) is 0.758. The lowest BCUT2D eigenvalue weighted by molar-refractivity contribution is 0.0859. The molecule has 164 valence electrons. The second-order valence-electron chi connectivity index (χ2n) is 9.23. The van der Waals surface area contributed by atoms with E-state index in [1.807, 2.05) is 4.90 Å². The molecule has 1 aromatic heterocycles. The van der Waals surface area contributed by atoms with E-state index in [2.05, 4.69) is 15.1 Å². The summed E-state index contributed by atoms with van der Waals surface area (Å²) in [5.74, 6) is -0.0783. The van der Waals surface area contributed by atoms with E-state index < -0.39 is 0 Å². The lowest BCUT2D eigenvalue weighted by atomic mass is 9.92. The monoisotopic (exact) mass is 450 g/mol.